The van der Waals surface area contributed by atoms with Crippen LogP contribution >= 0.6 is 0 Å². The first-order chi connectivity index (χ1) is 10.5. The van der Waals surface area contributed by atoms with Crippen LogP contribution in [0.3, 0.4) is 0 Å². The molecule has 5 N–H and O–H groups in total. The smallest absolute Gasteiger partial charge is 0.196 e. The van der Waals surface area contributed by atoms with Gasteiger partial charge < -0.3 is 20.7 Å². The van der Waals surface area contributed by atoms with Gasteiger partial charge in [0.25, 0.3) is 0 Å². The summed E-state index contributed by atoms with van der Waals surface area (Å²) in [6, 6.07) is 3.66. The van der Waals surface area contributed by atoms with Gasteiger partial charge in [-0.15, -0.1) is 0 Å². The van der Waals surface area contributed by atoms with E-state index in [4.69, 9.17) is 4.74 Å². The molecule has 5 atom stereocenters. The zero-order chi connectivity index (χ0) is 15.3. The summed E-state index contributed by atoms with van der Waals surface area (Å²) in [4.78, 5) is 12.4. The van der Waals surface area contributed by atoms with Crippen LogP contribution in [0.2, 0.25) is 0 Å². The molecule has 0 radical (unpaired) electrons. The number of phenols is 1. The number of carbonyl (C=O) groups is 1. The molecule has 5 nitrogen and oxygen atoms in total. The molecule has 1 fully saturated rings. The van der Waals surface area contributed by atoms with Gasteiger partial charge in [-0.1, -0.05) is 6.07 Å². The van der Waals surface area contributed by atoms with Gasteiger partial charge in [0.1, 0.15) is 5.60 Å². The summed E-state index contributed by atoms with van der Waals surface area (Å²) in [5.41, 5.74) is 4.27. The van der Waals surface area contributed by atoms with Crippen LogP contribution in [0, 0.1) is 5.92 Å². The van der Waals surface area contributed by atoms with Crippen molar-refractivity contribution in [1.29, 1.82) is 0 Å². The van der Waals surface area contributed by atoms with Crippen LogP contribution in [-0.4, -0.2) is 33.7 Å². The minimum atomic E-state index is -1.12. The fraction of sp³-hybridized carbons (Fsp3) is 0.471. The fourth-order valence-corrected chi connectivity index (χ4v) is 5.34. The monoisotopic (exact) mass is 300 g/mol. The van der Waals surface area contributed by atoms with Crippen molar-refractivity contribution in [2.45, 2.75) is 42.4 Å². The van der Waals surface area contributed by atoms with Crippen LogP contribution in [0.4, 0.5) is 0 Å². The van der Waals surface area contributed by atoms with Crippen LogP contribution in [0.5, 0.6) is 11.5 Å². The topological polar surface area (TPSA) is 94.4 Å². The highest BCUT2D eigenvalue weighted by molar-refractivity contribution is 5.98. The minimum Gasteiger partial charge on any atom is -0.504 e. The lowest BCUT2D eigenvalue weighted by atomic mass is 9.46. The Balaban J connectivity index is 1.91. The lowest BCUT2D eigenvalue weighted by Crippen LogP contribution is -2.78. The second-order valence-electron chi connectivity index (χ2n) is 7.09. The van der Waals surface area contributed by atoms with Crippen molar-refractivity contribution in [1.82, 2.24) is 0 Å². The number of ether oxygens (including phenoxy) is 1. The largest absolute Gasteiger partial charge is 0.504 e. The zero-order valence-corrected chi connectivity index (χ0v) is 12.1. The summed E-state index contributed by atoms with van der Waals surface area (Å²) in [5, 5.41) is 21.7. The molecule has 22 heavy (non-hydrogen) atoms. The lowest BCUT2D eigenvalue weighted by Gasteiger charge is -2.58. The number of aliphatic hydroxyl groups is 1. The number of rotatable bonds is 0. The Morgan fingerprint density at radius 1 is 1.36 bits per heavy atom. The average molecular weight is 300 g/mol. The highest BCUT2D eigenvalue weighted by Gasteiger charge is 2.72. The number of phenolic OH excluding ortho intramolecular Hbond substituents is 1. The van der Waals surface area contributed by atoms with E-state index in [9.17, 15) is 15.0 Å². The maximum atomic E-state index is 12.4. The average Bonchev–Trinajstić information content (AvgIpc) is 2.85. The summed E-state index contributed by atoms with van der Waals surface area (Å²) < 4.78 is 5.89. The van der Waals surface area contributed by atoms with Gasteiger partial charge in [-0.05, 0) is 36.6 Å². The van der Waals surface area contributed by atoms with Crippen molar-refractivity contribution in [3.63, 3.8) is 0 Å². The summed E-state index contributed by atoms with van der Waals surface area (Å²) in [6.07, 6.45) is 4.57. The summed E-state index contributed by atoms with van der Waals surface area (Å²) in [5.74, 6) is 0.279. The van der Waals surface area contributed by atoms with Crippen LogP contribution in [-0.2, 0) is 16.6 Å². The molecule has 1 saturated carbocycles. The van der Waals surface area contributed by atoms with Gasteiger partial charge in [0.05, 0.1) is 11.5 Å². The van der Waals surface area contributed by atoms with E-state index in [0.29, 0.717) is 18.6 Å². The Kier molecular flexibility index (Phi) is 2.04. The van der Waals surface area contributed by atoms with Crippen molar-refractivity contribution in [2.75, 3.05) is 0 Å². The Labute approximate surface area is 127 Å². The first-order valence-corrected chi connectivity index (χ1v) is 7.79. The third-order valence-electron chi connectivity index (χ3n) is 6.31. The normalized spacial score (nSPS) is 43.7. The van der Waals surface area contributed by atoms with Crippen molar-refractivity contribution < 1.29 is 25.5 Å². The predicted octanol–water partition coefficient (Wildman–Crippen LogP) is -0.162. The molecule has 1 aromatic rings. The SMILES string of the molecule is [NH3+]C1CC[C@]23c4c5ccc(O)c4O[C@H]2C(=O)C=C[C@@]3(O)[C@H]1C5. The van der Waals surface area contributed by atoms with Gasteiger partial charge in [-0.25, -0.2) is 0 Å². The summed E-state index contributed by atoms with van der Waals surface area (Å²) in [6.45, 7) is 0. The van der Waals surface area contributed by atoms with Crippen molar-refractivity contribution in [2.24, 2.45) is 5.92 Å². The third kappa shape index (κ3) is 1.08. The van der Waals surface area contributed by atoms with E-state index in [1.807, 2.05) is 6.07 Å². The first-order valence-electron chi connectivity index (χ1n) is 7.79. The maximum Gasteiger partial charge on any atom is 0.196 e. The Hall–Kier alpha value is -1.85. The molecule has 1 spiro atoms. The predicted molar refractivity (Wildman–Crippen MR) is 76.4 cm³/mol. The number of ketones is 1. The molecule has 0 aromatic heterocycles. The quantitative estimate of drug-likeness (QED) is 0.620. The third-order valence-corrected chi connectivity index (χ3v) is 6.31. The number of hydrogen-bond donors (Lipinski definition) is 3. The Morgan fingerprint density at radius 3 is 3.00 bits per heavy atom. The molecule has 1 aromatic carbocycles. The zero-order valence-electron chi connectivity index (χ0n) is 12.1. The minimum absolute atomic E-state index is 0.0281. The molecule has 1 heterocycles. The van der Waals surface area contributed by atoms with Gasteiger partial charge in [0.15, 0.2) is 23.4 Å². The van der Waals surface area contributed by atoms with Crippen molar-refractivity contribution in [3.8, 4) is 11.5 Å². The van der Waals surface area contributed by atoms with E-state index < -0.39 is 17.1 Å². The van der Waals surface area contributed by atoms with Crippen molar-refractivity contribution >= 4 is 5.78 Å². The molecule has 3 aliphatic carbocycles. The molecule has 0 saturated heterocycles. The molecule has 5 rings (SSSR count). The summed E-state index contributed by atoms with van der Waals surface area (Å²) >= 11 is 0. The van der Waals surface area contributed by atoms with Crippen LogP contribution in [0.15, 0.2) is 24.3 Å². The number of carbonyl (C=O) groups excluding carboxylic acids is 1. The fourth-order valence-electron chi connectivity index (χ4n) is 5.34. The van der Waals surface area contributed by atoms with Gasteiger partial charge in [0, 0.05) is 17.9 Å². The molecular weight excluding hydrogens is 282 g/mol. The van der Waals surface area contributed by atoms with E-state index in [1.165, 1.54) is 6.08 Å². The number of hydrogen-bond acceptors (Lipinski definition) is 4. The van der Waals surface area contributed by atoms with Gasteiger partial charge in [0.2, 0.25) is 0 Å². The standard InChI is InChI=1S/C17H17NO4/c18-10-3-5-16-13-8-1-2-11(19)14(13)22-15(16)12(20)4-6-17(16,21)9(10)7-8/h1-2,4,6,9-10,15,19,21H,3,5,7,18H2/p+1/t9-,10?,15-,16-,17+/m0/s1. The van der Waals surface area contributed by atoms with E-state index in [-0.39, 0.29) is 23.5 Å². The Morgan fingerprint density at radius 2 is 2.18 bits per heavy atom. The van der Waals surface area contributed by atoms with E-state index in [2.05, 4.69) is 5.73 Å². The van der Waals surface area contributed by atoms with E-state index >= 15 is 0 Å². The molecule has 5 heteroatoms. The van der Waals surface area contributed by atoms with Crippen molar-refractivity contribution in [3.05, 3.63) is 35.4 Å². The molecule has 2 bridgehead atoms. The highest BCUT2D eigenvalue weighted by Crippen LogP contribution is 2.65. The Bertz CT molecular complexity index is 757. The number of aromatic hydroxyl groups is 1. The molecule has 1 aliphatic heterocycles. The van der Waals surface area contributed by atoms with E-state index in [1.54, 1.807) is 12.1 Å². The molecule has 4 aliphatic rings. The molecular formula is C17H18NO4+. The lowest BCUT2D eigenvalue weighted by molar-refractivity contribution is -0.452. The number of benzene rings is 1. The molecule has 0 amide bonds. The van der Waals surface area contributed by atoms with Crippen LogP contribution in [0.1, 0.15) is 24.0 Å². The van der Waals surface area contributed by atoms with Gasteiger partial charge >= 0.3 is 0 Å². The van der Waals surface area contributed by atoms with Gasteiger partial charge in [-0.3, -0.25) is 4.79 Å². The summed E-state index contributed by atoms with van der Waals surface area (Å²) in [7, 11) is 0. The maximum absolute atomic E-state index is 12.4. The second-order valence-corrected chi connectivity index (χ2v) is 7.09. The highest BCUT2D eigenvalue weighted by atomic mass is 16.5. The van der Waals surface area contributed by atoms with Gasteiger partial charge in [-0.2, -0.15) is 0 Å². The first kappa shape index (κ1) is 12.7. The van der Waals surface area contributed by atoms with Crippen LogP contribution in [0.25, 0.3) is 0 Å². The van der Waals surface area contributed by atoms with Crippen LogP contribution < -0.4 is 10.5 Å². The molecule has 1 unspecified atom stereocenters. The number of quaternary nitrogens is 1. The molecule has 114 valence electrons. The van der Waals surface area contributed by atoms with E-state index in [0.717, 1.165) is 17.5 Å². The second kappa shape index (κ2) is 3.55.